The number of ketones is 1. The van der Waals surface area contributed by atoms with E-state index in [1.54, 1.807) is 36.4 Å². The normalized spacial score (nSPS) is 16.3. The minimum Gasteiger partial charge on any atom is -0.508 e. The van der Waals surface area contributed by atoms with Gasteiger partial charge in [-0.15, -0.1) is 0 Å². The largest absolute Gasteiger partial charge is 0.508 e. The van der Waals surface area contributed by atoms with Gasteiger partial charge in [-0.25, -0.2) is 0 Å². The Hall–Kier alpha value is -3.15. The Balaban J connectivity index is 1.82. The molecule has 0 heterocycles. The molecule has 1 unspecified atom stereocenters. The van der Waals surface area contributed by atoms with Crippen LogP contribution in [0.2, 0.25) is 0 Å². The number of nitrogens with one attached hydrogen (secondary N) is 1. The zero-order valence-corrected chi connectivity index (χ0v) is 17.5. The maximum absolute atomic E-state index is 13.2. The van der Waals surface area contributed by atoms with Crippen LogP contribution >= 0.6 is 0 Å². The number of aliphatic carboxylic acids is 1. The molecule has 6 nitrogen and oxygen atoms in total. The number of Topliss-reactive ketones (excluding diaryl/α,β-unsaturated/α-hetero) is 1. The Bertz CT molecular complexity index is 888. The third-order valence-electron chi connectivity index (χ3n) is 6.02. The van der Waals surface area contributed by atoms with Gasteiger partial charge >= 0.3 is 5.97 Å². The molecule has 0 spiro atoms. The summed E-state index contributed by atoms with van der Waals surface area (Å²) in [5.41, 5.74) is 1.28. The lowest BCUT2D eigenvalue weighted by atomic mass is 9.78. The fraction of sp³-hybridized carbons (Fsp3) is 0.400. The zero-order valence-electron chi connectivity index (χ0n) is 17.5. The molecule has 3 rings (SSSR count). The Labute approximate surface area is 182 Å². The molecule has 0 aliphatic heterocycles. The van der Waals surface area contributed by atoms with Crippen LogP contribution in [0.5, 0.6) is 5.75 Å². The number of phenols is 1. The van der Waals surface area contributed by atoms with E-state index in [0.29, 0.717) is 5.56 Å². The fourth-order valence-corrected chi connectivity index (χ4v) is 4.36. The molecule has 3 N–H and O–H groups in total. The zero-order chi connectivity index (χ0) is 22.2. The predicted octanol–water partition coefficient (Wildman–Crippen LogP) is 3.97. The molecule has 0 saturated heterocycles. The summed E-state index contributed by atoms with van der Waals surface area (Å²) in [5, 5.41) is 21.8. The van der Waals surface area contributed by atoms with E-state index >= 15 is 0 Å². The van der Waals surface area contributed by atoms with Crippen molar-refractivity contribution in [1.82, 2.24) is 5.32 Å². The summed E-state index contributed by atoms with van der Waals surface area (Å²) in [5.74, 6) is -2.11. The number of carbonyl (C=O) groups excluding carboxylic acids is 2. The summed E-state index contributed by atoms with van der Waals surface area (Å²) < 4.78 is 0. The maximum atomic E-state index is 13.2. The Morgan fingerprint density at radius 2 is 1.58 bits per heavy atom. The summed E-state index contributed by atoms with van der Waals surface area (Å²) in [6, 6.07) is 14.4. The minimum absolute atomic E-state index is 0.0194. The van der Waals surface area contributed by atoms with Crippen LogP contribution in [0.1, 0.15) is 54.4 Å². The molecule has 1 aliphatic carbocycles. The first-order chi connectivity index (χ1) is 14.9. The van der Waals surface area contributed by atoms with Gasteiger partial charge in [0.15, 0.2) is 5.78 Å². The molecule has 1 amide bonds. The van der Waals surface area contributed by atoms with Crippen LogP contribution in [0.4, 0.5) is 0 Å². The first-order valence-electron chi connectivity index (χ1n) is 10.8. The number of rotatable bonds is 9. The number of amides is 1. The molecular weight excluding hydrogens is 394 g/mol. The molecule has 1 saturated carbocycles. The highest BCUT2D eigenvalue weighted by molar-refractivity contribution is 6.02. The molecule has 2 aromatic rings. The second-order valence-corrected chi connectivity index (χ2v) is 8.26. The highest BCUT2D eigenvalue weighted by atomic mass is 16.4. The third-order valence-corrected chi connectivity index (χ3v) is 6.02. The van der Waals surface area contributed by atoms with Crippen molar-refractivity contribution < 1.29 is 24.6 Å². The van der Waals surface area contributed by atoms with Crippen molar-refractivity contribution in [2.24, 2.45) is 11.8 Å². The first kappa shape index (κ1) is 22.5. The van der Waals surface area contributed by atoms with Crippen LogP contribution in [0.15, 0.2) is 54.6 Å². The number of benzene rings is 2. The van der Waals surface area contributed by atoms with Crippen molar-refractivity contribution in [3.63, 3.8) is 0 Å². The number of carboxylic acid groups (broad SMARTS) is 1. The van der Waals surface area contributed by atoms with Gasteiger partial charge in [-0.1, -0.05) is 61.7 Å². The number of hydrogen-bond donors (Lipinski definition) is 3. The average Bonchev–Trinajstić information content (AvgIpc) is 2.79. The minimum atomic E-state index is -1.00. The molecule has 0 aromatic heterocycles. The van der Waals surface area contributed by atoms with E-state index in [1.165, 1.54) is 12.1 Å². The lowest BCUT2D eigenvalue weighted by Gasteiger charge is -2.30. The van der Waals surface area contributed by atoms with E-state index in [0.717, 1.165) is 37.7 Å². The van der Waals surface area contributed by atoms with Crippen molar-refractivity contribution in [3.8, 4) is 5.75 Å². The second-order valence-electron chi connectivity index (χ2n) is 8.26. The summed E-state index contributed by atoms with van der Waals surface area (Å²) in [4.78, 5) is 37.8. The van der Waals surface area contributed by atoms with Gasteiger partial charge in [0.05, 0.1) is 18.4 Å². The summed E-state index contributed by atoms with van der Waals surface area (Å²) in [7, 11) is 0. The number of phenolic OH excluding ortho intramolecular Hbond substituents is 1. The molecule has 31 heavy (non-hydrogen) atoms. The average molecular weight is 424 g/mol. The smallest absolute Gasteiger partial charge is 0.304 e. The van der Waals surface area contributed by atoms with Gasteiger partial charge in [-0.05, 0) is 36.5 Å². The maximum Gasteiger partial charge on any atom is 0.304 e. The number of hydrogen-bond acceptors (Lipinski definition) is 4. The van der Waals surface area contributed by atoms with Gasteiger partial charge < -0.3 is 15.5 Å². The van der Waals surface area contributed by atoms with Gasteiger partial charge in [0, 0.05) is 12.0 Å². The molecule has 1 fully saturated rings. The number of carbonyl (C=O) groups is 3. The standard InChI is InChI=1S/C25H29NO5/c27-20-13-11-17(12-14-20)15-22(24(30)19-9-5-2-6-10-19)26-25(31)21(16-23(28)29)18-7-3-1-4-8-18/h2,5-6,9-14,18,21-22,27H,1,3-4,7-8,15-16H2,(H,26,31)(H,28,29)/t21?,22-/m0/s1. The topological polar surface area (TPSA) is 104 Å². The van der Waals surface area contributed by atoms with Gasteiger partial charge in [-0.3, -0.25) is 14.4 Å². The Morgan fingerprint density at radius 1 is 0.935 bits per heavy atom. The van der Waals surface area contributed by atoms with Crippen LogP contribution < -0.4 is 5.32 Å². The molecule has 2 atom stereocenters. The molecule has 6 heteroatoms. The molecule has 1 aliphatic rings. The van der Waals surface area contributed by atoms with Crippen LogP contribution in [0, 0.1) is 11.8 Å². The van der Waals surface area contributed by atoms with Crippen molar-refractivity contribution in [3.05, 3.63) is 65.7 Å². The molecule has 0 radical (unpaired) electrons. The van der Waals surface area contributed by atoms with Crippen LogP contribution in [-0.4, -0.2) is 33.9 Å². The fourth-order valence-electron chi connectivity index (χ4n) is 4.36. The van der Waals surface area contributed by atoms with E-state index < -0.39 is 17.9 Å². The van der Waals surface area contributed by atoms with E-state index in [9.17, 15) is 24.6 Å². The van der Waals surface area contributed by atoms with Crippen molar-refractivity contribution in [1.29, 1.82) is 0 Å². The molecule has 164 valence electrons. The summed E-state index contributed by atoms with van der Waals surface area (Å²) in [6.07, 6.45) is 4.78. The summed E-state index contributed by atoms with van der Waals surface area (Å²) in [6.45, 7) is 0. The van der Waals surface area contributed by atoms with Gasteiger partial charge in [0.1, 0.15) is 5.75 Å². The van der Waals surface area contributed by atoms with E-state index in [1.807, 2.05) is 6.07 Å². The van der Waals surface area contributed by atoms with Gasteiger partial charge in [0.2, 0.25) is 5.91 Å². The second kappa shape index (κ2) is 10.8. The highest BCUT2D eigenvalue weighted by Gasteiger charge is 2.34. The van der Waals surface area contributed by atoms with Crippen molar-refractivity contribution in [2.75, 3.05) is 0 Å². The Morgan fingerprint density at radius 3 is 2.19 bits per heavy atom. The van der Waals surface area contributed by atoms with E-state index in [-0.39, 0.29) is 36.2 Å². The van der Waals surface area contributed by atoms with Gasteiger partial charge in [-0.2, -0.15) is 0 Å². The molecular formula is C25H29NO5. The monoisotopic (exact) mass is 423 g/mol. The molecule has 0 bridgehead atoms. The lowest BCUT2D eigenvalue weighted by Crippen LogP contribution is -2.47. The van der Waals surface area contributed by atoms with Crippen molar-refractivity contribution in [2.45, 2.75) is 51.0 Å². The van der Waals surface area contributed by atoms with Crippen molar-refractivity contribution >= 4 is 17.7 Å². The van der Waals surface area contributed by atoms with Crippen LogP contribution in [-0.2, 0) is 16.0 Å². The number of aromatic hydroxyl groups is 1. The molecule has 2 aromatic carbocycles. The SMILES string of the molecule is O=C(O)CC(C(=O)N[C@@H](Cc1ccc(O)cc1)C(=O)c1ccccc1)C1CCCCC1. The highest BCUT2D eigenvalue weighted by Crippen LogP contribution is 2.32. The Kier molecular flexibility index (Phi) is 7.82. The third kappa shape index (κ3) is 6.41. The number of carboxylic acids is 1. The quantitative estimate of drug-likeness (QED) is 0.530. The first-order valence-corrected chi connectivity index (χ1v) is 10.8. The van der Waals surface area contributed by atoms with Crippen LogP contribution in [0.3, 0.4) is 0 Å². The van der Waals surface area contributed by atoms with Gasteiger partial charge in [0.25, 0.3) is 0 Å². The van der Waals surface area contributed by atoms with E-state index in [2.05, 4.69) is 5.32 Å². The lowest BCUT2D eigenvalue weighted by molar-refractivity contribution is -0.142. The van der Waals surface area contributed by atoms with Crippen LogP contribution in [0.25, 0.3) is 0 Å². The summed E-state index contributed by atoms with van der Waals surface area (Å²) >= 11 is 0. The predicted molar refractivity (Wildman–Crippen MR) is 117 cm³/mol. The van der Waals surface area contributed by atoms with E-state index in [4.69, 9.17) is 0 Å².